The maximum Gasteiger partial charge on any atom is 0.328 e. The molecule has 1 heterocycles. The Morgan fingerprint density at radius 3 is 2.79 bits per heavy atom. The summed E-state index contributed by atoms with van der Waals surface area (Å²) < 4.78 is 31.4. The lowest BCUT2D eigenvalue weighted by Gasteiger charge is -2.18. The molecule has 0 radical (unpaired) electrons. The minimum absolute atomic E-state index is 0.0962. The largest absolute Gasteiger partial charge is 0.588 e. The summed E-state index contributed by atoms with van der Waals surface area (Å²) in [6, 6.07) is 14.2. The Hall–Kier alpha value is -2.68. The van der Waals surface area contributed by atoms with Crippen molar-refractivity contribution in [2.24, 2.45) is 0 Å². The van der Waals surface area contributed by atoms with E-state index in [-0.39, 0.29) is 5.76 Å². The van der Waals surface area contributed by atoms with E-state index in [1.807, 2.05) is 37.1 Å². The van der Waals surface area contributed by atoms with Crippen LogP contribution in [-0.4, -0.2) is 44.4 Å². The highest BCUT2D eigenvalue weighted by Gasteiger charge is 2.23. The summed E-state index contributed by atoms with van der Waals surface area (Å²) in [5.41, 5.74) is 1.53. The molecule has 1 atom stereocenters. The van der Waals surface area contributed by atoms with Crippen LogP contribution >= 0.6 is 0 Å². The van der Waals surface area contributed by atoms with Crippen LogP contribution in [-0.2, 0) is 16.1 Å². The minimum atomic E-state index is -1.77. The molecule has 2 aromatic carbocycles. The summed E-state index contributed by atoms with van der Waals surface area (Å²) in [6.07, 6.45) is 0. The monoisotopic (exact) mass is 416 g/mol. The van der Waals surface area contributed by atoms with Crippen molar-refractivity contribution in [1.82, 2.24) is 4.72 Å². The number of hydrogen-bond acceptors (Lipinski definition) is 6. The summed E-state index contributed by atoms with van der Waals surface area (Å²) in [6.45, 7) is 3.62. The Morgan fingerprint density at radius 1 is 1.24 bits per heavy atom. The van der Waals surface area contributed by atoms with E-state index in [1.165, 1.54) is 0 Å². The number of fused-ring (bicyclic) bond motifs is 1. The zero-order valence-electron chi connectivity index (χ0n) is 16.6. The number of para-hydroxylation sites is 1. The van der Waals surface area contributed by atoms with Crippen LogP contribution in [0, 0.1) is 0 Å². The van der Waals surface area contributed by atoms with E-state index in [4.69, 9.17) is 13.9 Å². The maximum atomic E-state index is 12.6. The molecule has 0 saturated heterocycles. The Labute approximate surface area is 172 Å². The first-order chi connectivity index (χ1) is 14.0. The molecule has 1 unspecified atom stereocenters. The van der Waals surface area contributed by atoms with Gasteiger partial charge in [0.15, 0.2) is 11.5 Å². The standard InChI is InChI=1S/C21H24N2O5S/c1-4-27-17-7-5-6-8-20(17)29(25)22-21(24)19-13-15-9-10-16(14-18(15)28-19)23(2)11-12-26-3/h5-10,13-14H,4,11-12H2,1-3H3,(H,22,24). The first kappa shape index (κ1) is 21.0. The predicted molar refractivity (Wildman–Crippen MR) is 113 cm³/mol. The number of hydrogen-bond donors (Lipinski definition) is 1. The van der Waals surface area contributed by atoms with Crippen LogP contribution in [0.4, 0.5) is 5.69 Å². The Kier molecular flexibility index (Phi) is 7.03. The van der Waals surface area contributed by atoms with Crippen LogP contribution < -0.4 is 14.4 Å². The molecule has 8 heteroatoms. The molecule has 29 heavy (non-hydrogen) atoms. The van der Waals surface area contributed by atoms with E-state index in [9.17, 15) is 9.35 Å². The number of anilines is 1. The van der Waals surface area contributed by atoms with Crippen molar-refractivity contribution in [3.8, 4) is 5.75 Å². The molecule has 0 aliphatic rings. The van der Waals surface area contributed by atoms with Crippen molar-refractivity contribution >= 4 is 33.9 Å². The van der Waals surface area contributed by atoms with E-state index in [1.54, 1.807) is 37.4 Å². The molecule has 0 aliphatic carbocycles. The number of carbonyl (C=O) groups is 1. The number of nitrogens with one attached hydrogen (secondary N) is 1. The second kappa shape index (κ2) is 9.69. The van der Waals surface area contributed by atoms with Gasteiger partial charge in [0, 0.05) is 37.8 Å². The molecule has 3 rings (SSSR count). The number of likely N-dealkylation sites (N-methyl/N-ethyl adjacent to an activating group) is 1. The first-order valence-corrected chi connectivity index (χ1v) is 10.4. The maximum absolute atomic E-state index is 12.6. The lowest BCUT2D eigenvalue weighted by atomic mass is 10.2. The zero-order valence-corrected chi connectivity index (χ0v) is 17.5. The second-order valence-corrected chi connectivity index (χ2v) is 7.51. The highest BCUT2D eigenvalue weighted by molar-refractivity contribution is 7.90. The fraction of sp³-hybridized carbons (Fsp3) is 0.286. The van der Waals surface area contributed by atoms with Crippen LogP contribution in [0.1, 0.15) is 17.5 Å². The number of nitrogens with zero attached hydrogens (tertiary/aromatic N) is 1. The van der Waals surface area contributed by atoms with Crippen LogP contribution in [0.2, 0.25) is 0 Å². The molecule has 0 saturated carbocycles. The van der Waals surface area contributed by atoms with Crippen molar-refractivity contribution in [2.75, 3.05) is 38.8 Å². The summed E-state index contributed by atoms with van der Waals surface area (Å²) in [4.78, 5) is 15.0. The number of carbonyl (C=O) groups excluding carboxylic acids is 1. The van der Waals surface area contributed by atoms with E-state index in [0.717, 1.165) is 17.6 Å². The van der Waals surface area contributed by atoms with Crippen LogP contribution in [0.5, 0.6) is 5.75 Å². The lowest BCUT2D eigenvalue weighted by molar-refractivity contribution is 0.0956. The molecular weight excluding hydrogens is 392 g/mol. The van der Waals surface area contributed by atoms with E-state index >= 15 is 0 Å². The van der Waals surface area contributed by atoms with Gasteiger partial charge in [0.2, 0.25) is 4.90 Å². The van der Waals surface area contributed by atoms with Crippen molar-refractivity contribution in [3.63, 3.8) is 0 Å². The number of methoxy groups -OCH3 is 1. The van der Waals surface area contributed by atoms with Gasteiger partial charge in [0.1, 0.15) is 16.9 Å². The molecule has 1 N–H and O–H groups in total. The van der Waals surface area contributed by atoms with Gasteiger partial charge >= 0.3 is 5.91 Å². The Bertz CT molecular complexity index is 975. The number of ether oxygens (including phenoxy) is 2. The van der Waals surface area contributed by atoms with Gasteiger partial charge in [0.05, 0.1) is 13.2 Å². The second-order valence-electron chi connectivity index (χ2n) is 6.33. The third-order valence-electron chi connectivity index (χ3n) is 4.33. The van der Waals surface area contributed by atoms with Gasteiger partial charge in [-0.3, -0.25) is 4.79 Å². The van der Waals surface area contributed by atoms with Crippen LogP contribution in [0.25, 0.3) is 11.0 Å². The van der Waals surface area contributed by atoms with Gasteiger partial charge in [-0.25, -0.2) is 0 Å². The Balaban J connectivity index is 1.75. The normalized spacial score (nSPS) is 12.0. The van der Waals surface area contributed by atoms with Gasteiger partial charge < -0.3 is 23.3 Å². The fourth-order valence-corrected chi connectivity index (χ4v) is 3.68. The average Bonchev–Trinajstić information content (AvgIpc) is 3.16. The number of rotatable bonds is 9. The van der Waals surface area contributed by atoms with Crippen molar-refractivity contribution in [1.29, 1.82) is 0 Å². The van der Waals surface area contributed by atoms with Crippen molar-refractivity contribution < 1.29 is 23.2 Å². The molecule has 1 amide bonds. The molecule has 0 aliphatic heterocycles. The average molecular weight is 416 g/mol. The highest BCUT2D eigenvalue weighted by atomic mass is 32.2. The first-order valence-electron chi connectivity index (χ1n) is 9.21. The quantitative estimate of drug-likeness (QED) is 0.538. The van der Waals surface area contributed by atoms with Crippen LogP contribution in [0.15, 0.2) is 57.8 Å². The highest BCUT2D eigenvalue weighted by Crippen LogP contribution is 2.26. The zero-order chi connectivity index (χ0) is 20.8. The fourth-order valence-electron chi connectivity index (χ4n) is 2.79. The third-order valence-corrected chi connectivity index (χ3v) is 5.44. The van der Waals surface area contributed by atoms with E-state index in [2.05, 4.69) is 4.72 Å². The third kappa shape index (κ3) is 5.03. The summed E-state index contributed by atoms with van der Waals surface area (Å²) >= 11 is -1.77. The number of amides is 1. The summed E-state index contributed by atoms with van der Waals surface area (Å²) in [7, 11) is 3.61. The SMILES string of the molecule is CCOc1ccccc1[S+]([O-])NC(=O)c1cc2ccc(N(C)CCOC)cc2o1. The molecule has 0 bridgehead atoms. The topological polar surface area (TPSA) is 87.0 Å². The Morgan fingerprint density at radius 2 is 2.03 bits per heavy atom. The molecule has 7 nitrogen and oxygen atoms in total. The lowest BCUT2D eigenvalue weighted by Crippen LogP contribution is -2.30. The van der Waals surface area contributed by atoms with E-state index in [0.29, 0.717) is 29.4 Å². The van der Waals surface area contributed by atoms with Crippen molar-refractivity contribution in [2.45, 2.75) is 11.8 Å². The molecule has 0 spiro atoms. The van der Waals surface area contributed by atoms with Gasteiger partial charge in [0.25, 0.3) is 0 Å². The predicted octanol–water partition coefficient (Wildman–Crippen LogP) is 3.37. The van der Waals surface area contributed by atoms with Gasteiger partial charge in [-0.1, -0.05) is 12.1 Å². The number of benzene rings is 2. The van der Waals surface area contributed by atoms with Gasteiger partial charge in [-0.2, -0.15) is 4.72 Å². The van der Waals surface area contributed by atoms with Gasteiger partial charge in [-0.15, -0.1) is 0 Å². The smallest absolute Gasteiger partial charge is 0.328 e. The van der Waals surface area contributed by atoms with Gasteiger partial charge in [-0.05, 0) is 37.3 Å². The molecule has 1 aromatic heterocycles. The van der Waals surface area contributed by atoms with Crippen molar-refractivity contribution in [3.05, 3.63) is 54.3 Å². The summed E-state index contributed by atoms with van der Waals surface area (Å²) in [5, 5.41) is 0.791. The van der Waals surface area contributed by atoms with E-state index < -0.39 is 17.3 Å². The molecule has 0 fully saturated rings. The molecule has 154 valence electrons. The van der Waals surface area contributed by atoms with Crippen LogP contribution in [0.3, 0.4) is 0 Å². The molecule has 3 aromatic rings. The number of furan rings is 1. The minimum Gasteiger partial charge on any atom is -0.588 e. The molecular formula is C21H24N2O5S. The summed E-state index contributed by atoms with van der Waals surface area (Å²) in [5.74, 6) is 0.0148.